The normalized spacial score (nSPS) is 11.8. The predicted molar refractivity (Wildman–Crippen MR) is 60.8 cm³/mol. The van der Waals surface area contributed by atoms with E-state index in [9.17, 15) is 13.2 Å². The fourth-order valence-electron chi connectivity index (χ4n) is 1.52. The molecular weight excluding hydrogens is 259 g/mol. The molecule has 0 saturated heterocycles. The maximum atomic E-state index is 12.4. The molecule has 0 saturated carbocycles. The molecule has 0 radical (unpaired) electrons. The molecule has 0 fully saturated rings. The molecule has 1 N–H and O–H groups in total. The number of halogens is 3. The number of nitrogens with zero attached hydrogens (tertiary/aromatic N) is 4. The van der Waals surface area contributed by atoms with Crippen LogP contribution in [-0.2, 0) is 26.3 Å². The first-order valence-corrected chi connectivity index (χ1v) is 5.55. The van der Waals surface area contributed by atoms with Crippen molar-refractivity contribution in [2.75, 3.05) is 0 Å². The minimum absolute atomic E-state index is 0.412. The van der Waals surface area contributed by atoms with E-state index in [2.05, 4.69) is 20.7 Å². The summed E-state index contributed by atoms with van der Waals surface area (Å²) in [5.74, 6) is 0.536. The number of hydrogen-bond acceptors (Lipinski definition) is 4. The summed E-state index contributed by atoms with van der Waals surface area (Å²) in [7, 11) is 1.66. The van der Waals surface area contributed by atoms with Crippen LogP contribution in [0.2, 0.25) is 0 Å². The summed E-state index contributed by atoms with van der Waals surface area (Å²) in [5.41, 5.74) is 0.115. The van der Waals surface area contributed by atoms with Crippen molar-refractivity contribution in [3.63, 3.8) is 0 Å². The fourth-order valence-corrected chi connectivity index (χ4v) is 1.52. The predicted octanol–water partition coefficient (Wildman–Crippen LogP) is 1.52. The van der Waals surface area contributed by atoms with Gasteiger partial charge in [0.05, 0.1) is 19.2 Å². The first-order chi connectivity index (χ1) is 8.95. The summed E-state index contributed by atoms with van der Waals surface area (Å²) in [6.07, 6.45) is -4.30. The van der Waals surface area contributed by atoms with Crippen LogP contribution in [0.4, 0.5) is 13.2 Å². The van der Waals surface area contributed by atoms with Gasteiger partial charge in [0.25, 0.3) is 0 Å². The Balaban J connectivity index is 1.86. The highest BCUT2D eigenvalue weighted by molar-refractivity contribution is 5.24. The first kappa shape index (κ1) is 13.5. The third-order valence-electron chi connectivity index (χ3n) is 2.44. The highest BCUT2D eigenvalue weighted by Crippen LogP contribution is 2.28. The fraction of sp³-hybridized carbons (Fsp3) is 0.364. The SMILES string of the molecule is Cn1nnc(CNCc2ccc(C(F)(F)F)cc2)n1. The molecule has 0 spiro atoms. The maximum Gasteiger partial charge on any atom is 0.416 e. The average molecular weight is 271 g/mol. The van der Waals surface area contributed by atoms with E-state index in [1.165, 1.54) is 16.9 Å². The van der Waals surface area contributed by atoms with Crippen LogP contribution in [0.3, 0.4) is 0 Å². The summed E-state index contributed by atoms with van der Waals surface area (Å²) in [6.45, 7) is 0.852. The topological polar surface area (TPSA) is 55.6 Å². The highest BCUT2D eigenvalue weighted by Gasteiger charge is 2.29. The second-order valence-corrected chi connectivity index (χ2v) is 3.99. The van der Waals surface area contributed by atoms with E-state index in [-0.39, 0.29) is 0 Å². The van der Waals surface area contributed by atoms with Gasteiger partial charge in [-0.2, -0.15) is 18.0 Å². The molecule has 5 nitrogen and oxygen atoms in total. The quantitative estimate of drug-likeness (QED) is 0.916. The van der Waals surface area contributed by atoms with Crippen molar-refractivity contribution in [1.82, 2.24) is 25.5 Å². The zero-order chi connectivity index (χ0) is 13.9. The number of hydrogen-bond donors (Lipinski definition) is 1. The van der Waals surface area contributed by atoms with E-state index < -0.39 is 11.7 Å². The van der Waals surface area contributed by atoms with Gasteiger partial charge in [-0.3, -0.25) is 0 Å². The van der Waals surface area contributed by atoms with Gasteiger partial charge in [0.15, 0.2) is 5.82 Å². The molecule has 0 aliphatic carbocycles. The molecular formula is C11H12F3N5. The van der Waals surface area contributed by atoms with Crippen LogP contribution >= 0.6 is 0 Å². The monoisotopic (exact) mass is 271 g/mol. The Morgan fingerprint density at radius 1 is 1.16 bits per heavy atom. The van der Waals surface area contributed by atoms with Crippen LogP contribution in [0.1, 0.15) is 17.0 Å². The van der Waals surface area contributed by atoms with E-state index in [0.717, 1.165) is 17.7 Å². The van der Waals surface area contributed by atoms with Crippen LogP contribution in [0.25, 0.3) is 0 Å². The number of aromatic nitrogens is 4. The molecule has 0 aliphatic rings. The Kier molecular flexibility index (Phi) is 3.79. The zero-order valence-electron chi connectivity index (χ0n) is 10.1. The first-order valence-electron chi connectivity index (χ1n) is 5.55. The van der Waals surface area contributed by atoms with Gasteiger partial charge in [-0.15, -0.1) is 10.2 Å². The van der Waals surface area contributed by atoms with Gasteiger partial charge < -0.3 is 5.32 Å². The van der Waals surface area contributed by atoms with Crippen molar-refractivity contribution >= 4 is 0 Å². The van der Waals surface area contributed by atoms with Crippen molar-refractivity contribution in [1.29, 1.82) is 0 Å². The lowest BCUT2D eigenvalue weighted by molar-refractivity contribution is -0.137. The number of nitrogens with one attached hydrogen (secondary N) is 1. The Morgan fingerprint density at radius 2 is 1.84 bits per heavy atom. The minimum atomic E-state index is -4.30. The average Bonchev–Trinajstić information content (AvgIpc) is 2.75. The van der Waals surface area contributed by atoms with Gasteiger partial charge in [0.1, 0.15) is 0 Å². The van der Waals surface area contributed by atoms with Gasteiger partial charge in [-0.05, 0) is 22.9 Å². The third-order valence-corrected chi connectivity index (χ3v) is 2.44. The van der Waals surface area contributed by atoms with E-state index in [1.807, 2.05) is 0 Å². The van der Waals surface area contributed by atoms with Crippen LogP contribution in [-0.4, -0.2) is 20.2 Å². The van der Waals surface area contributed by atoms with Crippen LogP contribution in [0.15, 0.2) is 24.3 Å². The molecule has 0 bridgehead atoms. The largest absolute Gasteiger partial charge is 0.416 e. The minimum Gasteiger partial charge on any atom is -0.306 e. The summed E-state index contributed by atoms with van der Waals surface area (Å²) in [5, 5.41) is 14.5. The molecule has 1 heterocycles. The number of aryl methyl sites for hydroxylation is 1. The molecule has 2 rings (SSSR count). The number of rotatable bonds is 4. The van der Waals surface area contributed by atoms with Crippen molar-refractivity contribution < 1.29 is 13.2 Å². The molecule has 0 aliphatic heterocycles. The van der Waals surface area contributed by atoms with E-state index in [1.54, 1.807) is 7.05 Å². The summed E-state index contributed by atoms with van der Waals surface area (Å²) >= 11 is 0. The standard InChI is InChI=1S/C11H12F3N5/c1-19-17-10(16-18-19)7-15-6-8-2-4-9(5-3-8)11(12,13)14/h2-5,15H,6-7H2,1H3. The van der Waals surface area contributed by atoms with E-state index >= 15 is 0 Å². The van der Waals surface area contributed by atoms with Gasteiger partial charge in [0.2, 0.25) is 0 Å². The van der Waals surface area contributed by atoms with Gasteiger partial charge in [0, 0.05) is 6.54 Å². The molecule has 102 valence electrons. The highest BCUT2D eigenvalue weighted by atomic mass is 19.4. The summed E-state index contributed by atoms with van der Waals surface area (Å²) < 4.78 is 37.1. The maximum absolute atomic E-state index is 12.4. The summed E-state index contributed by atoms with van der Waals surface area (Å²) in [6, 6.07) is 5.02. The Bertz CT molecular complexity index is 532. The Morgan fingerprint density at radius 3 is 2.37 bits per heavy atom. The lowest BCUT2D eigenvalue weighted by Gasteiger charge is -2.07. The van der Waals surface area contributed by atoms with Gasteiger partial charge in [-0.1, -0.05) is 12.1 Å². The zero-order valence-corrected chi connectivity index (χ0v) is 10.1. The van der Waals surface area contributed by atoms with Crippen molar-refractivity contribution in [2.45, 2.75) is 19.3 Å². The van der Waals surface area contributed by atoms with Crippen molar-refractivity contribution in [2.24, 2.45) is 7.05 Å². The second kappa shape index (κ2) is 5.35. The van der Waals surface area contributed by atoms with E-state index in [4.69, 9.17) is 0 Å². The van der Waals surface area contributed by atoms with Gasteiger partial charge >= 0.3 is 6.18 Å². The second-order valence-electron chi connectivity index (χ2n) is 3.99. The van der Waals surface area contributed by atoms with Crippen molar-refractivity contribution in [3.8, 4) is 0 Å². The van der Waals surface area contributed by atoms with Crippen LogP contribution < -0.4 is 5.32 Å². The molecule has 0 atom stereocenters. The van der Waals surface area contributed by atoms with Crippen LogP contribution in [0.5, 0.6) is 0 Å². The lowest BCUT2D eigenvalue weighted by Crippen LogP contribution is -2.14. The lowest BCUT2D eigenvalue weighted by atomic mass is 10.1. The molecule has 1 aromatic heterocycles. The Hall–Kier alpha value is -1.96. The molecule has 1 aromatic carbocycles. The van der Waals surface area contributed by atoms with Gasteiger partial charge in [-0.25, -0.2) is 0 Å². The number of benzene rings is 1. The summed E-state index contributed by atoms with van der Waals surface area (Å²) in [4.78, 5) is 1.34. The molecule has 19 heavy (non-hydrogen) atoms. The van der Waals surface area contributed by atoms with Crippen molar-refractivity contribution in [3.05, 3.63) is 41.2 Å². The van der Waals surface area contributed by atoms with Crippen LogP contribution in [0, 0.1) is 0 Å². The smallest absolute Gasteiger partial charge is 0.306 e. The molecule has 0 unspecified atom stereocenters. The third kappa shape index (κ3) is 3.75. The Labute approximate surface area is 107 Å². The molecule has 0 amide bonds. The number of tetrazole rings is 1. The number of alkyl halides is 3. The molecule has 8 heteroatoms. The molecule has 2 aromatic rings. The van der Waals surface area contributed by atoms with E-state index in [0.29, 0.717) is 18.9 Å².